The summed E-state index contributed by atoms with van der Waals surface area (Å²) >= 11 is 0. The third kappa shape index (κ3) is 42.3. The number of hydrogen-bond donors (Lipinski definition) is 6. The van der Waals surface area contributed by atoms with Crippen LogP contribution >= 0.6 is 0 Å². The van der Waals surface area contributed by atoms with Crippen molar-refractivity contribution < 1.29 is 144 Å². The van der Waals surface area contributed by atoms with Crippen molar-refractivity contribution in [3.05, 3.63) is 0 Å². The van der Waals surface area contributed by atoms with E-state index in [4.69, 9.17) is 114 Å². The first-order valence-electron chi connectivity index (χ1n) is 56.8. The molecule has 30 heteroatoms. The van der Waals surface area contributed by atoms with Gasteiger partial charge in [-0.3, -0.25) is 0 Å². The molecule has 0 radical (unpaired) electrons. The lowest BCUT2D eigenvalue weighted by atomic mass is 9.94. The molecule has 0 aliphatic carbocycles. The summed E-state index contributed by atoms with van der Waals surface area (Å²) in [5.41, 5.74) is 0. The first-order chi connectivity index (χ1) is 67.9. The molecule has 816 valence electrons. The lowest BCUT2D eigenvalue weighted by Crippen LogP contribution is -2.70. The Balaban J connectivity index is 1.59. The lowest BCUT2D eigenvalue weighted by molar-refractivity contribution is -0.414. The van der Waals surface area contributed by atoms with Crippen molar-refractivity contribution in [1.82, 2.24) is 0 Å². The molecule has 138 heavy (non-hydrogen) atoms. The molecular formula is C108H204O30. The van der Waals surface area contributed by atoms with Gasteiger partial charge in [0.05, 0.1) is 39.6 Å². The van der Waals surface area contributed by atoms with Gasteiger partial charge in [0, 0.05) is 79.3 Å². The van der Waals surface area contributed by atoms with Crippen LogP contribution in [0.1, 0.15) is 391 Å². The minimum Gasteiger partial charge on any atom is -0.394 e. The van der Waals surface area contributed by atoms with Crippen molar-refractivity contribution in [2.24, 2.45) is 0 Å². The second-order valence-corrected chi connectivity index (χ2v) is 39.7. The van der Waals surface area contributed by atoms with Crippen molar-refractivity contribution in [1.29, 1.82) is 0 Å². The van der Waals surface area contributed by atoms with Crippen LogP contribution in [0.4, 0.5) is 0 Å². The fourth-order valence-electron chi connectivity index (χ4n) is 19.9. The van der Waals surface area contributed by atoms with Gasteiger partial charge in [0.2, 0.25) is 0 Å². The molecule has 0 aromatic heterocycles. The number of aliphatic hydroxyl groups excluding tert-OH is 6. The quantitative estimate of drug-likeness (QED) is 0.0308. The van der Waals surface area contributed by atoms with Crippen LogP contribution in [0.2, 0.25) is 0 Å². The van der Waals surface area contributed by atoms with Gasteiger partial charge < -0.3 is 144 Å². The predicted molar refractivity (Wildman–Crippen MR) is 530 cm³/mol. The molecule has 22 saturated heterocycles. The van der Waals surface area contributed by atoms with Gasteiger partial charge in [0.15, 0.2) is 37.7 Å². The maximum Gasteiger partial charge on any atom is 0.187 e. The van der Waals surface area contributed by atoms with E-state index in [0.717, 1.165) is 231 Å². The van der Waals surface area contributed by atoms with Gasteiger partial charge >= 0.3 is 0 Å². The SMILES string of the molecule is CCCCCCOC1C2OC(CO)C(OC3OC(CO)C(OC4OC(CO)C(OC5OC(CO)C(OC6OC(CO)C(OC7OC(CO)C(O2)C(OCCCCCC)C7OCCCCCC)C(OCCCCCC)C6OCCCCCC)C(OCCCCCC)C5OCCCCCC)C(OCCCCCC)C4OCCCCCC)C(OCCCCCC)C3OCCCCCC)C1OCCCCCC. The minimum absolute atomic E-state index is 0.247. The molecule has 0 aromatic carbocycles. The smallest absolute Gasteiger partial charge is 0.187 e. The van der Waals surface area contributed by atoms with E-state index in [1.165, 1.54) is 0 Å². The van der Waals surface area contributed by atoms with Crippen molar-refractivity contribution in [3.8, 4) is 0 Å². The normalized spacial score (nSPS) is 32.7. The molecule has 0 saturated carbocycles. The summed E-state index contributed by atoms with van der Waals surface area (Å²) < 4.78 is 178. The van der Waals surface area contributed by atoms with Gasteiger partial charge in [0.25, 0.3) is 0 Å². The average Bonchev–Trinajstić information content (AvgIpc) is 0.755. The molecule has 22 heterocycles. The number of aliphatic hydroxyl groups is 6. The Morgan fingerprint density at radius 3 is 0.326 bits per heavy atom. The molecule has 6 N–H and O–H groups in total. The van der Waals surface area contributed by atoms with Crippen LogP contribution in [0.5, 0.6) is 0 Å². The number of unbranched alkanes of at least 4 members (excludes halogenated alkanes) is 36. The molecule has 22 aliphatic heterocycles. The molecule has 22 fully saturated rings. The van der Waals surface area contributed by atoms with Crippen LogP contribution in [-0.4, -0.2) is 334 Å². The van der Waals surface area contributed by atoms with E-state index in [1.54, 1.807) is 0 Å². The largest absolute Gasteiger partial charge is 0.394 e. The highest BCUT2D eigenvalue weighted by molar-refractivity contribution is 5.05. The Morgan fingerprint density at radius 2 is 0.232 bits per heavy atom. The molecule has 22 aliphatic rings. The van der Waals surface area contributed by atoms with Crippen molar-refractivity contribution in [2.75, 3.05) is 119 Å². The van der Waals surface area contributed by atoms with Crippen LogP contribution in [0.25, 0.3) is 0 Å². The summed E-state index contributed by atoms with van der Waals surface area (Å²) in [4.78, 5) is 0. The maximum absolute atomic E-state index is 12.4. The Morgan fingerprint density at radius 1 is 0.130 bits per heavy atom. The van der Waals surface area contributed by atoms with Crippen LogP contribution in [0, 0.1) is 0 Å². The molecule has 0 amide bonds. The fraction of sp³-hybridized carbons (Fsp3) is 1.00. The van der Waals surface area contributed by atoms with E-state index < -0.39 is 224 Å². The van der Waals surface area contributed by atoms with E-state index >= 15 is 0 Å². The average molecular weight is 1980 g/mol. The molecule has 0 aromatic rings. The Hall–Kier alpha value is -1.20. The molecule has 30 atom stereocenters. The van der Waals surface area contributed by atoms with Crippen LogP contribution in [0.3, 0.4) is 0 Å². The Kier molecular flexibility index (Phi) is 69.2. The topological polar surface area (TPSA) is 343 Å². The molecule has 30 nitrogen and oxygen atoms in total. The molecule has 22 rings (SSSR count). The van der Waals surface area contributed by atoms with Crippen molar-refractivity contribution in [3.63, 3.8) is 0 Å². The zero-order valence-electron chi connectivity index (χ0n) is 88.5. The zero-order chi connectivity index (χ0) is 99.0. The maximum atomic E-state index is 12.4. The molecule has 0 spiro atoms. The van der Waals surface area contributed by atoms with E-state index in [1.807, 2.05) is 0 Å². The monoisotopic (exact) mass is 1980 g/mol. The first-order valence-corrected chi connectivity index (χ1v) is 56.8. The summed E-state index contributed by atoms with van der Waals surface area (Å²) in [6.07, 6.45) is 5.56. The second-order valence-electron chi connectivity index (χ2n) is 39.7. The minimum atomic E-state index is -1.38. The van der Waals surface area contributed by atoms with Gasteiger partial charge in [-0.05, 0) is 77.0 Å². The standard InChI is InChI=1S/C108H204O30/c1-13-25-37-49-61-115-91-85-79(73-109)127-103(97(91)121-67-55-43-31-19-7)134-86-80(74-110)129-105(99(123-69-57-45-33-21-9)92(86)116-62-50-38-26-14-2)136-88-82(76-112)131-107(101(125-71-59-47-35-23-11)94(88)118-64-52-40-28-16-4)138-90-84(78-114)132-108(102(126-72-60-48-36-24-12)96(90)120-66-54-42-30-18-6)137-89-83(77-113)130-106(100(124-70-58-46-34-22-10)95(89)119-65-53-41-29-17-5)135-87-81(75-111)128-104(133-85)98(122-68-56-44-32-20-8)93(87)117-63-51-39-27-15-3/h79-114H,13-78H2,1-12H3. The van der Waals surface area contributed by atoms with Gasteiger partial charge in [0.1, 0.15) is 146 Å². The predicted octanol–water partition coefficient (Wildman–Crippen LogP) is 18.2. The Bertz CT molecular complexity index is 2340. The van der Waals surface area contributed by atoms with Gasteiger partial charge in [-0.25, -0.2) is 0 Å². The summed E-state index contributed by atoms with van der Waals surface area (Å²) in [5.74, 6) is 0. The van der Waals surface area contributed by atoms with Crippen LogP contribution < -0.4 is 0 Å². The highest BCUT2D eigenvalue weighted by Crippen LogP contribution is 2.44. The third-order valence-electron chi connectivity index (χ3n) is 28.1. The van der Waals surface area contributed by atoms with E-state index in [9.17, 15) is 30.6 Å². The number of hydrogen-bond acceptors (Lipinski definition) is 30. The highest BCUT2D eigenvalue weighted by Gasteiger charge is 2.62. The lowest BCUT2D eigenvalue weighted by Gasteiger charge is -2.53. The summed E-state index contributed by atoms with van der Waals surface area (Å²) in [6.45, 7) is 25.3. The van der Waals surface area contributed by atoms with E-state index in [2.05, 4.69) is 83.1 Å². The van der Waals surface area contributed by atoms with Gasteiger partial charge in [-0.1, -0.05) is 314 Å². The van der Waals surface area contributed by atoms with Crippen molar-refractivity contribution in [2.45, 2.75) is 576 Å². The van der Waals surface area contributed by atoms with Crippen molar-refractivity contribution >= 4 is 0 Å². The third-order valence-corrected chi connectivity index (χ3v) is 28.1. The summed E-state index contributed by atoms with van der Waals surface area (Å²) in [5, 5.41) is 74.2. The zero-order valence-corrected chi connectivity index (χ0v) is 88.5. The Labute approximate surface area is 834 Å². The number of ether oxygens (including phenoxy) is 24. The second kappa shape index (κ2) is 77.2. The first kappa shape index (κ1) is 124. The molecule has 12 bridgehead atoms. The highest BCUT2D eigenvalue weighted by atomic mass is 16.8. The van der Waals surface area contributed by atoms with Gasteiger partial charge in [-0.2, -0.15) is 0 Å². The fourth-order valence-corrected chi connectivity index (χ4v) is 19.9. The molecule has 30 unspecified atom stereocenters. The van der Waals surface area contributed by atoms with Crippen LogP contribution in [-0.2, 0) is 114 Å². The summed E-state index contributed by atoms with van der Waals surface area (Å²) in [7, 11) is 0. The number of rotatable bonds is 78. The molecular weight excluding hydrogens is 1780 g/mol. The van der Waals surface area contributed by atoms with Crippen LogP contribution in [0.15, 0.2) is 0 Å². The van der Waals surface area contributed by atoms with E-state index in [-0.39, 0.29) is 79.3 Å². The van der Waals surface area contributed by atoms with Gasteiger partial charge in [-0.15, -0.1) is 0 Å². The van der Waals surface area contributed by atoms with E-state index in [0.29, 0.717) is 77.0 Å². The summed E-state index contributed by atoms with van der Waals surface area (Å²) in [6, 6.07) is 0.